The molecule has 6 rings (SSSR count). The van der Waals surface area contributed by atoms with Crippen LogP contribution in [0, 0.1) is 24.3 Å². The van der Waals surface area contributed by atoms with Gasteiger partial charge in [0, 0.05) is 29.6 Å². The molecule has 3 heterocycles. The third kappa shape index (κ3) is 4.08. The maximum absolute atomic E-state index is 13.2. The summed E-state index contributed by atoms with van der Waals surface area (Å²) in [4.78, 5) is 23.5. The Morgan fingerprint density at radius 3 is 2.58 bits per heavy atom. The van der Waals surface area contributed by atoms with Crippen molar-refractivity contribution in [3.63, 3.8) is 0 Å². The largest absolute Gasteiger partial charge is 0.337 e. The van der Waals surface area contributed by atoms with Crippen molar-refractivity contribution in [1.29, 1.82) is 0 Å². The van der Waals surface area contributed by atoms with Gasteiger partial charge in [0.1, 0.15) is 5.69 Å². The fourth-order valence-corrected chi connectivity index (χ4v) is 6.86. The van der Waals surface area contributed by atoms with Crippen LogP contribution in [-0.2, 0) is 6.42 Å². The van der Waals surface area contributed by atoms with Crippen LogP contribution in [-0.4, -0.2) is 40.6 Å². The van der Waals surface area contributed by atoms with Crippen LogP contribution in [0.1, 0.15) is 73.6 Å². The van der Waals surface area contributed by atoms with Crippen molar-refractivity contribution < 1.29 is 4.79 Å². The van der Waals surface area contributed by atoms with Crippen molar-refractivity contribution in [2.24, 2.45) is 22.9 Å². The molecule has 1 amide bonds. The van der Waals surface area contributed by atoms with Crippen molar-refractivity contribution in [2.45, 2.75) is 64.3 Å². The summed E-state index contributed by atoms with van der Waals surface area (Å²) in [6.07, 6.45) is 8.97. The number of aryl methyl sites for hydroxylation is 1. The third-order valence-corrected chi connectivity index (χ3v) is 9.00. The van der Waals surface area contributed by atoms with Gasteiger partial charge in [-0.05, 0) is 74.6 Å². The van der Waals surface area contributed by atoms with Crippen LogP contribution in [0.25, 0.3) is 4.85 Å². The molecule has 0 spiro atoms. The summed E-state index contributed by atoms with van der Waals surface area (Å²) in [5, 5.41) is 7.85. The van der Waals surface area contributed by atoms with Crippen LogP contribution in [0.2, 0.25) is 5.02 Å². The van der Waals surface area contributed by atoms with E-state index < -0.39 is 0 Å². The zero-order valence-electron chi connectivity index (χ0n) is 20.8. The Balaban J connectivity index is 1.33. The molecule has 0 N–H and O–H groups in total. The Bertz CT molecular complexity index is 1250. The van der Waals surface area contributed by atoms with Gasteiger partial charge < -0.3 is 4.90 Å². The first-order chi connectivity index (χ1) is 17.5. The average Bonchev–Trinajstić information content (AvgIpc) is 3.56. The van der Waals surface area contributed by atoms with Gasteiger partial charge in [0.15, 0.2) is 0 Å². The number of likely N-dealkylation sites (tertiary alicyclic amines) is 1. The Morgan fingerprint density at radius 2 is 1.86 bits per heavy atom. The molecule has 0 radical (unpaired) electrons. The average molecular weight is 502 g/mol. The molecule has 6 nitrogen and oxygen atoms in total. The lowest BCUT2D eigenvalue weighted by Gasteiger charge is -2.34. The minimum absolute atomic E-state index is 0.0557. The van der Waals surface area contributed by atoms with E-state index in [9.17, 15) is 4.79 Å². The van der Waals surface area contributed by atoms with Crippen molar-refractivity contribution >= 4 is 34.6 Å². The maximum Gasteiger partial charge on any atom is 0.272 e. The number of carbonyl (C=O) groups is 1. The van der Waals surface area contributed by atoms with Crippen LogP contribution in [0.5, 0.6) is 0 Å². The number of benzene rings is 1. The molecule has 2 fully saturated rings. The minimum Gasteiger partial charge on any atom is -0.337 e. The summed E-state index contributed by atoms with van der Waals surface area (Å²) in [7, 11) is 0. The second-order valence-electron chi connectivity index (χ2n) is 10.9. The monoisotopic (exact) mass is 501 g/mol. The van der Waals surface area contributed by atoms with Gasteiger partial charge in [0.05, 0.1) is 29.7 Å². The number of amides is 1. The summed E-state index contributed by atoms with van der Waals surface area (Å²) in [6.45, 7) is 11.2. The molecule has 1 saturated carbocycles. The topological polar surface area (TPSA) is 53.2 Å². The van der Waals surface area contributed by atoms with E-state index in [-0.39, 0.29) is 5.91 Å². The van der Waals surface area contributed by atoms with Crippen molar-refractivity contribution in [2.75, 3.05) is 18.1 Å². The number of pyridine rings is 1. The number of fused-ring (bicyclic) bond motifs is 3. The van der Waals surface area contributed by atoms with E-state index in [0.29, 0.717) is 40.2 Å². The predicted octanol–water partition coefficient (Wildman–Crippen LogP) is 6.50. The molecule has 4 aliphatic rings. The first-order valence-corrected chi connectivity index (χ1v) is 13.8. The summed E-state index contributed by atoms with van der Waals surface area (Å²) in [5.74, 6) is 1.67. The Labute approximate surface area is 218 Å². The normalized spacial score (nSPS) is 24.3. The van der Waals surface area contributed by atoms with E-state index in [1.165, 1.54) is 25.7 Å². The second-order valence-corrected chi connectivity index (χ2v) is 11.3. The maximum atomic E-state index is 13.2. The number of halogens is 1. The van der Waals surface area contributed by atoms with Gasteiger partial charge in [-0.3, -0.25) is 9.80 Å². The van der Waals surface area contributed by atoms with Gasteiger partial charge in [0.2, 0.25) is 5.69 Å². The number of hydrogen-bond donors (Lipinski definition) is 0. The fourth-order valence-electron chi connectivity index (χ4n) is 6.65. The minimum atomic E-state index is 0.0557. The highest BCUT2D eigenvalue weighted by Crippen LogP contribution is 2.45. The molecule has 2 aliphatic heterocycles. The van der Waals surface area contributed by atoms with Gasteiger partial charge in [0.25, 0.3) is 5.91 Å². The van der Waals surface area contributed by atoms with Gasteiger partial charge in [-0.25, -0.2) is 9.83 Å². The first kappa shape index (κ1) is 23.5. The van der Waals surface area contributed by atoms with E-state index in [2.05, 4.69) is 22.8 Å². The van der Waals surface area contributed by atoms with Crippen LogP contribution in [0.4, 0.5) is 11.4 Å². The third-order valence-electron chi connectivity index (χ3n) is 8.69. The molecule has 1 saturated heterocycles. The highest BCUT2D eigenvalue weighted by molar-refractivity contribution is 6.33. The van der Waals surface area contributed by atoms with Gasteiger partial charge in [-0.2, -0.15) is 5.10 Å². The van der Waals surface area contributed by atoms with E-state index in [0.717, 1.165) is 61.4 Å². The van der Waals surface area contributed by atoms with Gasteiger partial charge in [-0.1, -0.05) is 37.4 Å². The van der Waals surface area contributed by atoms with Crippen molar-refractivity contribution in [3.05, 3.63) is 63.7 Å². The van der Waals surface area contributed by atoms with Gasteiger partial charge in [-0.15, -0.1) is 0 Å². The standard InChI is InChI=1S/C29H32ClN5O/c1-18-13-15-34(16-14-18)29(36)26-12-8-21-24(32-26)11-9-22-27(21)33-35(28(22)19-5-3-4-6-19)20-7-10-25(31-2)23(30)17-20/h7-8,10,12,17-19,22,28H,3-6,9,11,13-16H2,1H3/t22-,28-/m0/s1. The molecule has 1 aromatic carbocycles. The molecule has 7 heteroatoms. The quantitative estimate of drug-likeness (QED) is 0.451. The number of rotatable bonds is 3. The number of hydrogen-bond acceptors (Lipinski definition) is 4. The molecular formula is C29H32ClN5O. The number of anilines is 1. The number of hydrazone groups is 1. The lowest BCUT2D eigenvalue weighted by atomic mass is 9.76. The predicted molar refractivity (Wildman–Crippen MR) is 143 cm³/mol. The van der Waals surface area contributed by atoms with E-state index >= 15 is 0 Å². The smallest absolute Gasteiger partial charge is 0.272 e. The van der Waals surface area contributed by atoms with Crippen molar-refractivity contribution in [1.82, 2.24) is 9.88 Å². The number of piperidine rings is 1. The van der Waals surface area contributed by atoms with Crippen LogP contribution in [0.15, 0.2) is 35.4 Å². The van der Waals surface area contributed by atoms with E-state index in [4.69, 9.17) is 28.3 Å². The SMILES string of the molecule is [C-]#[N+]c1ccc(N2N=C3c4ccc(C(=O)N5CCC(C)CC5)nc4CC[C@@H]3[C@@H]2C2CCCC2)cc1Cl. The molecule has 2 atom stereocenters. The molecule has 2 aliphatic carbocycles. The fraction of sp³-hybridized carbons (Fsp3) is 0.517. The molecule has 36 heavy (non-hydrogen) atoms. The summed E-state index contributed by atoms with van der Waals surface area (Å²) in [5.41, 5.74) is 5.16. The second kappa shape index (κ2) is 9.52. The Hall–Kier alpha value is -2.91. The molecule has 186 valence electrons. The van der Waals surface area contributed by atoms with Crippen LogP contribution in [0.3, 0.4) is 0 Å². The van der Waals surface area contributed by atoms with E-state index in [1.807, 2.05) is 23.1 Å². The Kier molecular flexibility index (Phi) is 6.21. The highest BCUT2D eigenvalue weighted by atomic mass is 35.5. The van der Waals surface area contributed by atoms with Crippen LogP contribution >= 0.6 is 11.6 Å². The van der Waals surface area contributed by atoms with Crippen molar-refractivity contribution in [3.8, 4) is 0 Å². The first-order valence-electron chi connectivity index (χ1n) is 13.4. The summed E-state index contributed by atoms with van der Waals surface area (Å²) < 4.78 is 0. The zero-order valence-corrected chi connectivity index (χ0v) is 21.5. The number of nitrogens with zero attached hydrogens (tertiary/aromatic N) is 5. The molecule has 0 unspecified atom stereocenters. The lowest BCUT2D eigenvalue weighted by Crippen LogP contribution is -2.41. The number of aromatic nitrogens is 1. The summed E-state index contributed by atoms with van der Waals surface area (Å²) >= 11 is 6.43. The van der Waals surface area contributed by atoms with Gasteiger partial charge >= 0.3 is 0 Å². The number of carbonyl (C=O) groups excluding carboxylic acids is 1. The molecule has 1 aromatic heterocycles. The molecule has 0 bridgehead atoms. The van der Waals surface area contributed by atoms with E-state index in [1.54, 1.807) is 6.07 Å². The van der Waals surface area contributed by atoms with Crippen LogP contribution < -0.4 is 5.01 Å². The Morgan fingerprint density at radius 1 is 1.08 bits per heavy atom. The molecule has 2 aromatic rings. The molecular weight excluding hydrogens is 470 g/mol. The summed E-state index contributed by atoms with van der Waals surface area (Å²) in [6, 6.07) is 9.94. The zero-order chi connectivity index (χ0) is 24.8. The highest BCUT2D eigenvalue weighted by Gasteiger charge is 2.46. The lowest BCUT2D eigenvalue weighted by molar-refractivity contribution is 0.0691.